The van der Waals surface area contributed by atoms with Crippen molar-refractivity contribution < 1.29 is 64.3 Å². The van der Waals surface area contributed by atoms with E-state index in [9.17, 15) is 12.9 Å². The van der Waals surface area contributed by atoms with Gasteiger partial charge in [0.15, 0.2) is 0 Å². The van der Waals surface area contributed by atoms with Crippen LogP contribution in [0.1, 0.15) is 20.8 Å². The van der Waals surface area contributed by atoms with Crippen LogP contribution in [0.4, 0.5) is 12.9 Å². The maximum Gasteiger partial charge on any atom is 1.00 e. The Balaban J connectivity index is 0.00000169. The minimum Gasteiger partial charge on any atom is -0.448 e. The van der Waals surface area contributed by atoms with E-state index >= 15 is 0 Å². The molecule has 0 radical (unpaired) electrons. The summed E-state index contributed by atoms with van der Waals surface area (Å²) in [5.41, 5.74) is 0. The van der Waals surface area contributed by atoms with Crippen LogP contribution in [0.5, 0.6) is 0 Å². The molecule has 0 aromatic rings. The fourth-order valence-corrected chi connectivity index (χ4v) is 2.02. The van der Waals surface area contributed by atoms with Gasteiger partial charge < -0.3 is 17.8 Å². The van der Waals surface area contributed by atoms with Crippen LogP contribution < -0.4 is 51.4 Å². The molecule has 14 heavy (non-hydrogen) atoms. The van der Waals surface area contributed by atoms with Crippen molar-refractivity contribution in [2.45, 2.75) is 26.8 Å². The first-order chi connectivity index (χ1) is 5.81. The Bertz CT molecular complexity index is 188. The zero-order valence-electron chi connectivity index (χ0n) is 9.30. The SMILES string of the molecule is CC1CN(C[B-](F)(F)F)C(C)C1C.[K+]. The van der Waals surface area contributed by atoms with Crippen LogP contribution in [0.2, 0.25) is 0 Å². The van der Waals surface area contributed by atoms with Crippen LogP contribution >= 0.6 is 0 Å². The van der Waals surface area contributed by atoms with Crippen molar-refractivity contribution in [3.05, 3.63) is 0 Å². The van der Waals surface area contributed by atoms with E-state index in [1.807, 2.05) is 20.8 Å². The molecule has 0 aliphatic carbocycles. The first-order valence-electron chi connectivity index (χ1n) is 4.76. The number of likely N-dealkylation sites (tertiary alicyclic amines) is 1. The second-order valence-corrected chi connectivity index (χ2v) is 4.24. The summed E-state index contributed by atoms with van der Waals surface area (Å²) in [6.07, 6.45) is -0.699. The third-order valence-corrected chi connectivity index (χ3v) is 3.20. The molecule has 1 fully saturated rings. The summed E-state index contributed by atoms with van der Waals surface area (Å²) < 4.78 is 36.5. The zero-order valence-corrected chi connectivity index (χ0v) is 12.4. The average molecular weight is 233 g/mol. The maximum atomic E-state index is 12.2. The van der Waals surface area contributed by atoms with Crippen LogP contribution in [0.25, 0.3) is 0 Å². The van der Waals surface area contributed by atoms with E-state index in [0.29, 0.717) is 18.4 Å². The van der Waals surface area contributed by atoms with Gasteiger partial charge in [-0.15, -0.1) is 0 Å². The molecule has 1 saturated heterocycles. The van der Waals surface area contributed by atoms with Crippen LogP contribution in [0.15, 0.2) is 0 Å². The molecule has 1 rings (SSSR count). The minimum atomic E-state index is -4.66. The summed E-state index contributed by atoms with van der Waals surface area (Å²) >= 11 is 0. The normalized spacial score (nSPS) is 34.3. The minimum absolute atomic E-state index is 0. The van der Waals surface area contributed by atoms with Gasteiger partial charge in [-0.2, -0.15) is 0 Å². The van der Waals surface area contributed by atoms with Gasteiger partial charge in [-0.1, -0.05) is 13.8 Å². The quantitative estimate of drug-likeness (QED) is 0.573. The Morgan fingerprint density at radius 1 is 1.21 bits per heavy atom. The molecule has 0 amide bonds. The van der Waals surface area contributed by atoms with E-state index in [0.717, 1.165) is 0 Å². The molecule has 0 aromatic heterocycles. The molecule has 1 aliphatic rings. The van der Waals surface area contributed by atoms with E-state index in [-0.39, 0.29) is 57.4 Å². The van der Waals surface area contributed by atoms with Crippen molar-refractivity contribution in [3.63, 3.8) is 0 Å². The van der Waals surface area contributed by atoms with E-state index in [1.54, 1.807) is 4.90 Å². The topological polar surface area (TPSA) is 3.24 Å². The number of hydrogen-bond donors (Lipinski definition) is 0. The number of nitrogens with zero attached hydrogens (tertiary/aromatic N) is 1. The molecule has 6 heteroatoms. The summed E-state index contributed by atoms with van der Waals surface area (Å²) in [5.74, 6) is 0.756. The van der Waals surface area contributed by atoms with Gasteiger partial charge in [-0.3, -0.25) is 0 Å². The average Bonchev–Trinajstić information content (AvgIpc) is 2.15. The molecular formula is C8H16BF3KN. The summed E-state index contributed by atoms with van der Waals surface area (Å²) in [4.78, 5) is 1.55. The Kier molecular flexibility index (Phi) is 6.27. The zero-order chi connectivity index (χ0) is 10.2. The summed E-state index contributed by atoms with van der Waals surface area (Å²) in [5, 5.41) is 0. The van der Waals surface area contributed by atoms with Crippen molar-refractivity contribution in [2.24, 2.45) is 11.8 Å². The molecular weight excluding hydrogens is 217 g/mol. The van der Waals surface area contributed by atoms with Crippen LogP contribution in [0, 0.1) is 11.8 Å². The molecule has 3 atom stereocenters. The molecule has 0 N–H and O–H groups in total. The monoisotopic (exact) mass is 233 g/mol. The van der Waals surface area contributed by atoms with E-state index in [2.05, 4.69) is 0 Å². The first kappa shape index (κ1) is 15.5. The molecule has 0 bridgehead atoms. The Hall–Kier alpha value is 1.45. The van der Waals surface area contributed by atoms with Gasteiger partial charge in [0, 0.05) is 6.04 Å². The second-order valence-electron chi connectivity index (χ2n) is 4.24. The van der Waals surface area contributed by atoms with Gasteiger partial charge in [-0.05, 0) is 31.7 Å². The van der Waals surface area contributed by atoms with E-state index in [4.69, 9.17) is 0 Å². The fourth-order valence-electron chi connectivity index (χ4n) is 2.02. The fraction of sp³-hybridized carbons (Fsp3) is 1.00. The number of rotatable bonds is 2. The summed E-state index contributed by atoms with van der Waals surface area (Å²) in [6, 6.07) is 0.0681. The molecule has 1 heterocycles. The smallest absolute Gasteiger partial charge is 0.448 e. The van der Waals surface area contributed by atoms with Crippen molar-refractivity contribution in [1.29, 1.82) is 0 Å². The van der Waals surface area contributed by atoms with Crippen LogP contribution in [-0.4, -0.2) is 30.9 Å². The molecule has 3 unspecified atom stereocenters. The largest absolute Gasteiger partial charge is 1.00 e. The van der Waals surface area contributed by atoms with Gasteiger partial charge in [0.25, 0.3) is 0 Å². The van der Waals surface area contributed by atoms with Crippen molar-refractivity contribution in [2.75, 3.05) is 13.0 Å². The van der Waals surface area contributed by atoms with Gasteiger partial charge in [0.1, 0.15) is 0 Å². The standard InChI is InChI=1S/C8H16BF3N.K/c1-6-4-13(5-9(10,11)12)8(3)7(6)2;/h6-8H,4-5H2,1-3H3;/q-1;+1. The van der Waals surface area contributed by atoms with E-state index < -0.39 is 13.4 Å². The third kappa shape index (κ3) is 4.14. The third-order valence-electron chi connectivity index (χ3n) is 3.20. The summed E-state index contributed by atoms with van der Waals surface area (Å²) in [7, 11) is 0. The Morgan fingerprint density at radius 2 is 1.71 bits per heavy atom. The van der Waals surface area contributed by atoms with Gasteiger partial charge in [0.05, 0.1) is 0 Å². The maximum absolute atomic E-state index is 12.2. The van der Waals surface area contributed by atoms with Crippen molar-refractivity contribution >= 4 is 6.98 Å². The van der Waals surface area contributed by atoms with Gasteiger partial charge in [0.2, 0.25) is 0 Å². The van der Waals surface area contributed by atoms with Crippen LogP contribution in [-0.2, 0) is 0 Å². The number of halogens is 3. The molecule has 1 aliphatic heterocycles. The molecule has 78 valence electrons. The Morgan fingerprint density at radius 3 is 2.00 bits per heavy atom. The molecule has 1 nitrogen and oxygen atoms in total. The van der Waals surface area contributed by atoms with Crippen LogP contribution in [0.3, 0.4) is 0 Å². The van der Waals surface area contributed by atoms with Crippen molar-refractivity contribution in [1.82, 2.24) is 4.90 Å². The summed E-state index contributed by atoms with van der Waals surface area (Å²) in [6.45, 7) is 1.86. The predicted molar refractivity (Wildman–Crippen MR) is 48.4 cm³/mol. The molecule has 0 saturated carbocycles. The van der Waals surface area contributed by atoms with Crippen molar-refractivity contribution in [3.8, 4) is 0 Å². The second kappa shape index (κ2) is 5.68. The van der Waals surface area contributed by atoms with Gasteiger partial charge in [-0.25, -0.2) is 0 Å². The molecule has 0 aromatic carbocycles. The Labute approximate surface area is 126 Å². The first-order valence-corrected chi connectivity index (χ1v) is 4.76. The predicted octanol–water partition coefficient (Wildman–Crippen LogP) is -0.647. The number of hydrogen-bond acceptors (Lipinski definition) is 1. The van der Waals surface area contributed by atoms with E-state index in [1.165, 1.54) is 0 Å². The molecule has 0 spiro atoms. The van der Waals surface area contributed by atoms with Gasteiger partial charge >= 0.3 is 58.4 Å².